The summed E-state index contributed by atoms with van der Waals surface area (Å²) in [7, 11) is 0. The molecule has 26 aromatic rings. The molecule has 0 saturated heterocycles. The van der Waals surface area contributed by atoms with Crippen LogP contribution in [0.25, 0.3) is 218 Å². The summed E-state index contributed by atoms with van der Waals surface area (Å²) in [6.45, 7) is 0. The molecule has 9 heteroatoms. The molecular weight excluding hydrogens is 1780 g/mol. The highest BCUT2D eigenvalue weighted by atomic mass is 32.1. The van der Waals surface area contributed by atoms with Gasteiger partial charge in [-0.05, 0) is 198 Å². The van der Waals surface area contributed by atoms with Gasteiger partial charge in [0.25, 0.3) is 0 Å². The predicted molar refractivity (Wildman–Crippen MR) is 589 cm³/mol. The van der Waals surface area contributed by atoms with Gasteiger partial charge in [0, 0.05) is 83.8 Å². The van der Waals surface area contributed by atoms with Gasteiger partial charge in [0.05, 0.1) is 49.9 Å². The number of aromatic nitrogens is 6. The van der Waals surface area contributed by atoms with E-state index in [9.17, 15) is 0 Å². The minimum atomic E-state index is -0.430. The number of benzene rings is 20. The average molecular weight is 1860 g/mol. The van der Waals surface area contributed by atoms with Crippen LogP contribution in [-0.4, -0.2) is 29.9 Å². The summed E-state index contributed by atoms with van der Waals surface area (Å²) in [6, 6.07) is 171. The molecule has 0 saturated carbocycles. The fourth-order valence-corrected chi connectivity index (χ4v) is 28.9. The van der Waals surface area contributed by atoms with Gasteiger partial charge in [-0.1, -0.05) is 425 Å². The summed E-state index contributed by atoms with van der Waals surface area (Å²) < 4.78 is 3.97. The van der Waals surface area contributed by atoms with E-state index in [-0.39, 0.29) is 0 Å². The fraction of sp³-hybridized carbons (Fsp3) is 0.0226. The van der Waals surface area contributed by atoms with Crippen molar-refractivity contribution in [1.82, 2.24) is 29.9 Å². The highest BCUT2D eigenvalue weighted by molar-refractivity contribution is 7.23. The van der Waals surface area contributed by atoms with Gasteiger partial charge in [-0.2, -0.15) is 0 Å². The van der Waals surface area contributed by atoms with E-state index in [0.29, 0.717) is 0 Å². The second-order valence-corrected chi connectivity index (χ2v) is 40.9. The standard InChI is InChI=1S/C47H28N2S.C45H26N2S.C41H24N2S/c1-2-12-29(13-3-1)30-22-24-31(25-23-30)44-36-16-6-10-20-41(36)48-46(49-44)32-26-27-34-33-14-4-8-18-38(33)47(40(34)28-32)39-19-9-5-15-35(39)45-43(47)37-17-7-11-21-42(37)50-45;1-2-15-28-27(13-1)14-11-20-31(28)42-32-18-5-9-25-38(32)46-44(47-42)34-21-12-24-37-40(34)43-41(33-19-6-10-26-39(33)48-43)45(37)35-22-7-3-16-29(35)30-17-4-8-23-36(30)45;1-2-12-25(13-3-1)38-30-16-6-10-20-35(30)42-40(43-38)26-22-23-29-34(24-26)41(37-31-17-7-11-21-36(31)44-39(29)37)32-18-8-4-14-27(32)28-15-5-9-19-33(28)41/h1-28H;1-26H;1-24H. The molecule has 0 fully saturated rings. The number of rotatable bonds is 7. The molecule has 0 radical (unpaired) electrons. The number of fused-ring (bicyclic) bond motifs is 40. The Labute approximate surface area is 831 Å². The Bertz CT molecular complexity index is 9760. The zero-order valence-electron chi connectivity index (χ0n) is 76.4. The third-order valence-electron chi connectivity index (χ3n) is 30.7. The molecular formula is C133H78N6S3. The van der Waals surface area contributed by atoms with Gasteiger partial charge in [0.15, 0.2) is 17.5 Å². The highest BCUT2D eigenvalue weighted by Crippen LogP contribution is 2.71. The van der Waals surface area contributed by atoms with Crippen LogP contribution in [0.5, 0.6) is 0 Å². The molecule has 1 unspecified atom stereocenters. The Kier molecular flexibility index (Phi) is 17.8. The molecule has 658 valence electrons. The summed E-state index contributed by atoms with van der Waals surface area (Å²) >= 11 is 5.73. The fourth-order valence-electron chi connectivity index (χ4n) is 25.0. The van der Waals surface area contributed by atoms with Gasteiger partial charge < -0.3 is 0 Å². The maximum absolute atomic E-state index is 5.49. The molecule has 6 aromatic heterocycles. The molecule has 6 heterocycles. The quantitative estimate of drug-likeness (QED) is 0.158. The van der Waals surface area contributed by atoms with E-state index < -0.39 is 16.2 Å². The van der Waals surface area contributed by atoms with Crippen molar-refractivity contribution in [3.8, 4) is 144 Å². The first-order chi connectivity index (χ1) is 70.4. The van der Waals surface area contributed by atoms with Gasteiger partial charge in [0.2, 0.25) is 0 Å². The van der Waals surface area contributed by atoms with Crippen LogP contribution < -0.4 is 0 Å². The molecule has 3 spiro atoms. The molecule has 6 nitrogen and oxygen atoms in total. The third kappa shape index (κ3) is 11.5. The summed E-state index contributed by atoms with van der Waals surface area (Å²) in [5.74, 6) is 2.25. The van der Waals surface area contributed by atoms with E-state index in [0.717, 1.165) is 101 Å². The molecule has 1 atom stereocenters. The molecule has 0 aliphatic heterocycles. The first kappa shape index (κ1) is 80.6. The van der Waals surface area contributed by atoms with Crippen molar-refractivity contribution in [3.63, 3.8) is 0 Å². The number of hydrogen-bond acceptors (Lipinski definition) is 9. The van der Waals surface area contributed by atoms with E-state index in [1.807, 2.05) is 40.1 Å². The molecule has 32 rings (SSSR count). The zero-order valence-corrected chi connectivity index (χ0v) is 78.9. The average Bonchev–Trinajstić information content (AvgIpc) is 1.50. The summed E-state index contributed by atoms with van der Waals surface area (Å²) in [5, 5.41) is 9.56. The van der Waals surface area contributed by atoms with Crippen LogP contribution in [-0.2, 0) is 16.2 Å². The SMILES string of the molecule is c1ccc(-c2ccc(-c3nc(-c4ccc5c(c4)C4(c6ccccc6-5)c5ccccc5-c5sc6ccccc6c54)nc4ccccc34)cc2)cc1.c1ccc(-c2nc(-c3ccc4c(c3)C3(c5ccccc5-c5ccccc53)c3c-4sc4ccccc34)nc3ccccc23)cc1.c1ccc2c(c1)-c1ccccc1C21c2cccc(-c3nc(-c4cccc5ccccc45)c4ccccc4n3)c2-c2sc3ccccc3c21. The lowest BCUT2D eigenvalue weighted by molar-refractivity contribution is 0.803. The normalized spacial score (nSPS) is 14.2. The predicted octanol–water partition coefficient (Wildman–Crippen LogP) is 34.4. The Balaban J connectivity index is 0.0000000998. The Hall–Kier alpha value is -17.4. The van der Waals surface area contributed by atoms with E-state index in [2.05, 4.69) is 467 Å². The lowest BCUT2D eigenvalue weighted by Gasteiger charge is -2.30. The Morgan fingerprint density at radius 3 is 0.951 bits per heavy atom. The van der Waals surface area contributed by atoms with Gasteiger partial charge >= 0.3 is 0 Å². The van der Waals surface area contributed by atoms with E-state index in [1.165, 1.54) is 184 Å². The first-order valence-corrected chi connectivity index (χ1v) is 51.0. The van der Waals surface area contributed by atoms with Crippen LogP contribution in [0.15, 0.2) is 473 Å². The van der Waals surface area contributed by atoms with Crippen LogP contribution in [0.3, 0.4) is 0 Å². The molecule has 0 N–H and O–H groups in total. The van der Waals surface area contributed by atoms with Crippen molar-refractivity contribution < 1.29 is 0 Å². The van der Waals surface area contributed by atoms with E-state index >= 15 is 0 Å². The molecule has 6 aliphatic carbocycles. The largest absolute Gasteiger partial charge is 0.228 e. The monoisotopic (exact) mass is 1850 g/mol. The van der Waals surface area contributed by atoms with E-state index in [1.54, 1.807) is 0 Å². The van der Waals surface area contributed by atoms with Crippen LogP contribution in [0.1, 0.15) is 66.8 Å². The van der Waals surface area contributed by atoms with E-state index in [4.69, 9.17) is 29.9 Å². The van der Waals surface area contributed by atoms with Crippen molar-refractivity contribution in [2.45, 2.75) is 16.2 Å². The van der Waals surface area contributed by atoms with Crippen molar-refractivity contribution in [1.29, 1.82) is 0 Å². The Morgan fingerprint density at radius 2 is 0.451 bits per heavy atom. The topological polar surface area (TPSA) is 77.3 Å². The van der Waals surface area contributed by atoms with Gasteiger partial charge in [0.1, 0.15) is 0 Å². The number of nitrogens with zero attached hydrogens (tertiary/aromatic N) is 6. The van der Waals surface area contributed by atoms with Crippen molar-refractivity contribution in [2.24, 2.45) is 0 Å². The Morgan fingerprint density at radius 1 is 0.162 bits per heavy atom. The van der Waals surface area contributed by atoms with Gasteiger partial charge in [-0.3, -0.25) is 0 Å². The van der Waals surface area contributed by atoms with Crippen LogP contribution in [0, 0.1) is 0 Å². The number of hydrogen-bond donors (Lipinski definition) is 0. The minimum Gasteiger partial charge on any atom is -0.228 e. The second kappa shape index (κ2) is 31.3. The number of para-hydroxylation sites is 3. The summed E-state index contributed by atoms with van der Waals surface area (Å²) in [5.41, 5.74) is 41.2. The number of thiophene rings is 3. The minimum absolute atomic E-state index is 0.410. The highest BCUT2D eigenvalue weighted by Gasteiger charge is 2.57. The summed E-state index contributed by atoms with van der Waals surface area (Å²) in [4.78, 5) is 35.8. The van der Waals surface area contributed by atoms with Crippen LogP contribution in [0.4, 0.5) is 0 Å². The molecule has 20 aromatic carbocycles. The smallest absolute Gasteiger partial charge is 0.161 e. The van der Waals surface area contributed by atoms with Gasteiger partial charge in [-0.25, -0.2) is 29.9 Å². The van der Waals surface area contributed by atoms with Crippen molar-refractivity contribution >= 4 is 108 Å². The molecule has 142 heavy (non-hydrogen) atoms. The van der Waals surface area contributed by atoms with Crippen molar-refractivity contribution in [3.05, 3.63) is 540 Å². The molecule has 0 bridgehead atoms. The van der Waals surface area contributed by atoms with Gasteiger partial charge in [-0.15, -0.1) is 34.0 Å². The maximum atomic E-state index is 5.49. The lowest BCUT2D eigenvalue weighted by Crippen LogP contribution is -2.25. The maximum Gasteiger partial charge on any atom is 0.161 e. The van der Waals surface area contributed by atoms with Crippen LogP contribution >= 0.6 is 34.0 Å². The molecule has 6 aliphatic rings. The lowest BCUT2D eigenvalue weighted by atomic mass is 9.70. The van der Waals surface area contributed by atoms with Crippen molar-refractivity contribution in [2.75, 3.05) is 0 Å². The third-order valence-corrected chi connectivity index (χ3v) is 34.3. The molecule has 0 amide bonds. The first-order valence-electron chi connectivity index (χ1n) is 48.5. The second-order valence-electron chi connectivity index (χ2n) is 37.8. The zero-order chi connectivity index (χ0) is 93.0. The van der Waals surface area contributed by atoms with Crippen LogP contribution in [0.2, 0.25) is 0 Å². The summed E-state index contributed by atoms with van der Waals surface area (Å²) in [6.07, 6.45) is 0.